The minimum atomic E-state index is -0.330. The molecule has 0 aliphatic heterocycles. The molecule has 0 radical (unpaired) electrons. The number of amides is 1. The Morgan fingerprint density at radius 3 is 2.41 bits per heavy atom. The van der Waals surface area contributed by atoms with E-state index in [2.05, 4.69) is 5.32 Å². The molecule has 1 heterocycles. The van der Waals surface area contributed by atoms with Crippen molar-refractivity contribution in [1.82, 2.24) is 0 Å². The van der Waals surface area contributed by atoms with Gasteiger partial charge in [0.2, 0.25) is 0 Å². The molecular weight excluding hydrogens is 281 g/mol. The van der Waals surface area contributed by atoms with E-state index in [9.17, 15) is 4.79 Å². The summed E-state index contributed by atoms with van der Waals surface area (Å²) < 4.78 is 0.817. The number of carbonyl (C=O) groups is 1. The zero-order chi connectivity index (χ0) is 12.4. The van der Waals surface area contributed by atoms with Crippen LogP contribution in [0.3, 0.4) is 0 Å². The van der Waals surface area contributed by atoms with Gasteiger partial charge < -0.3 is 10.4 Å². The summed E-state index contributed by atoms with van der Waals surface area (Å²) >= 11 is 12.8. The minimum absolute atomic E-state index is 0.139. The molecule has 1 aromatic carbocycles. The van der Waals surface area contributed by atoms with Crippen LogP contribution in [0.4, 0.5) is 5.69 Å². The minimum Gasteiger partial charge on any atom is -0.508 e. The van der Waals surface area contributed by atoms with Crippen LogP contribution in [-0.2, 0) is 0 Å². The Morgan fingerprint density at radius 2 is 1.88 bits per heavy atom. The van der Waals surface area contributed by atoms with Crippen molar-refractivity contribution < 1.29 is 9.90 Å². The number of benzene rings is 1. The van der Waals surface area contributed by atoms with Gasteiger partial charge in [-0.2, -0.15) is 0 Å². The first kappa shape index (κ1) is 12.2. The molecule has 6 heteroatoms. The van der Waals surface area contributed by atoms with Crippen molar-refractivity contribution in [3.63, 3.8) is 0 Å². The molecule has 3 nitrogen and oxygen atoms in total. The van der Waals surface area contributed by atoms with Crippen LogP contribution in [-0.4, -0.2) is 11.0 Å². The predicted octanol–water partition coefficient (Wildman–Crippen LogP) is 4.01. The maximum atomic E-state index is 11.8. The fourth-order valence-electron chi connectivity index (χ4n) is 1.24. The molecule has 0 aliphatic rings. The highest BCUT2D eigenvalue weighted by atomic mass is 35.5. The van der Waals surface area contributed by atoms with Gasteiger partial charge in [0.15, 0.2) is 0 Å². The van der Waals surface area contributed by atoms with Crippen molar-refractivity contribution in [3.8, 4) is 5.75 Å². The van der Waals surface area contributed by atoms with Crippen LogP contribution in [0.25, 0.3) is 0 Å². The fourth-order valence-corrected chi connectivity index (χ4v) is 2.70. The van der Waals surface area contributed by atoms with Gasteiger partial charge in [-0.1, -0.05) is 23.2 Å². The van der Waals surface area contributed by atoms with E-state index in [0.29, 0.717) is 19.9 Å². The number of hydrogen-bond donors (Lipinski definition) is 2. The molecule has 0 fully saturated rings. The zero-order valence-corrected chi connectivity index (χ0v) is 10.7. The molecule has 0 saturated heterocycles. The van der Waals surface area contributed by atoms with Gasteiger partial charge in [-0.05, 0) is 30.3 Å². The first-order valence-corrected chi connectivity index (χ1v) is 6.19. The first-order chi connectivity index (χ1) is 8.06. The van der Waals surface area contributed by atoms with Gasteiger partial charge >= 0.3 is 0 Å². The van der Waals surface area contributed by atoms with E-state index in [1.165, 1.54) is 18.2 Å². The lowest BCUT2D eigenvalue weighted by molar-refractivity contribution is 0.102. The van der Waals surface area contributed by atoms with E-state index in [1.807, 2.05) is 0 Å². The lowest BCUT2D eigenvalue weighted by Gasteiger charge is -2.03. The Kier molecular flexibility index (Phi) is 3.57. The van der Waals surface area contributed by atoms with Crippen molar-refractivity contribution in [1.29, 1.82) is 0 Å². The number of phenolic OH excluding ortho intramolecular Hbond substituents is 1. The molecule has 2 rings (SSSR count). The number of phenols is 1. The Hall–Kier alpha value is -1.23. The number of hydrogen-bond acceptors (Lipinski definition) is 3. The van der Waals surface area contributed by atoms with E-state index < -0.39 is 0 Å². The number of rotatable bonds is 2. The number of aromatic hydroxyl groups is 1. The normalized spacial score (nSPS) is 10.2. The van der Waals surface area contributed by atoms with E-state index >= 15 is 0 Å². The Morgan fingerprint density at radius 1 is 1.24 bits per heavy atom. The van der Waals surface area contributed by atoms with Crippen molar-refractivity contribution in [2.45, 2.75) is 0 Å². The van der Waals surface area contributed by atoms with Gasteiger partial charge in [-0.3, -0.25) is 4.79 Å². The van der Waals surface area contributed by atoms with E-state index in [4.69, 9.17) is 28.3 Å². The van der Waals surface area contributed by atoms with Crippen molar-refractivity contribution in [2.24, 2.45) is 0 Å². The van der Waals surface area contributed by atoms with E-state index in [0.717, 1.165) is 11.3 Å². The van der Waals surface area contributed by atoms with Crippen LogP contribution in [0, 0.1) is 0 Å². The highest BCUT2D eigenvalue weighted by Crippen LogP contribution is 2.31. The van der Waals surface area contributed by atoms with E-state index in [1.54, 1.807) is 12.1 Å². The number of halogens is 2. The predicted molar refractivity (Wildman–Crippen MR) is 70.4 cm³/mol. The zero-order valence-electron chi connectivity index (χ0n) is 8.41. The first-order valence-electron chi connectivity index (χ1n) is 4.61. The monoisotopic (exact) mass is 287 g/mol. The molecule has 1 aromatic heterocycles. The van der Waals surface area contributed by atoms with Crippen LogP contribution in [0.2, 0.25) is 8.67 Å². The van der Waals surface area contributed by atoms with Crippen LogP contribution in [0.15, 0.2) is 30.3 Å². The molecule has 0 atom stereocenters. The molecule has 0 aliphatic carbocycles. The maximum absolute atomic E-state index is 11.8. The number of nitrogens with one attached hydrogen (secondary N) is 1. The van der Waals surface area contributed by atoms with Gasteiger partial charge in [0.25, 0.3) is 5.91 Å². The lowest BCUT2D eigenvalue weighted by atomic mass is 10.2. The number of thiophene rings is 1. The highest BCUT2D eigenvalue weighted by Gasteiger charge is 2.14. The quantitative estimate of drug-likeness (QED) is 0.820. The Bertz CT molecular complexity index is 551. The average Bonchev–Trinajstić information content (AvgIpc) is 2.61. The third kappa shape index (κ3) is 2.91. The van der Waals surface area contributed by atoms with E-state index in [-0.39, 0.29) is 11.7 Å². The summed E-state index contributed by atoms with van der Waals surface area (Å²) in [5.74, 6) is -0.191. The summed E-state index contributed by atoms with van der Waals surface area (Å²) in [6, 6.07) is 7.67. The highest BCUT2D eigenvalue weighted by molar-refractivity contribution is 7.20. The summed E-state index contributed by atoms with van der Waals surface area (Å²) in [6.45, 7) is 0. The van der Waals surface area contributed by atoms with Crippen molar-refractivity contribution in [2.75, 3.05) is 5.32 Å². The van der Waals surface area contributed by atoms with Gasteiger partial charge in [0.1, 0.15) is 10.1 Å². The molecule has 2 aromatic rings. The third-order valence-electron chi connectivity index (χ3n) is 2.03. The molecule has 2 N–H and O–H groups in total. The number of anilines is 1. The van der Waals surface area contributed by atoms with Crippen LogP contribution in [0.5, 0.6) is 5.75 Å². The summed E-state index contributed by atoms with van der Waals surface area (Å²) in [6.07, 6.45) is 0. The smallest absolute Gasteiger partial charge is 0.258 e. The summed E-state index contributed by atoms with van der Waals surface area (Å²) in [7, 11) is 0. The Balaban J connectivity index is 2.17. The molecular formula is C11H7Cl2NO2S. The number of carbonyl (C=O) groups excluding carboxylic acids is 1. The van der Waals surface area contributed by atoms with Gasteiger partial charge in [-0.25, -0.2) is 0 Å². The second-order valence-electron chi connectivity index (χ2n) is 3.24. The fraction of sp³-hybridized carbons (Fsp3) is 0. The summed E-state index contributed by atoms with van der Waals surface area (Å²) in [5.41, 5.74) is 0.918. The maximum Gasteiger partial charge on any atom is 0.258 e. The largest absolute Gasteiger partial charge is 0.508 e. The van der Waals surface area contributed by atoms with Crippen LogP contribution >= 0.6 is 34.5 Å². The standard InChI is InChI=1S/C11H7Cl2NO2S/c12-9-5-8(10(13)17-9)11(16)14-6-1-3-7(15)4-2-6/h1-5,15H,(H,14,16). The molecule has 0 saturated carbocycles. The van der Waals surface area contributed by atoms with Crippen LogP contribution < -0.4 is 5.32 Å². The Labute approximate surface area is 112 Å². The van der Waals surface area contributed by atoms with Crippen molar-refractivity contribution in [3.05, 3.63) is 44.6 Å². The average molecular weight is 288 g/mol. The van der Waals surface area contributed by atoms with Gasteiger partial charge in [0.05, 0.1) is 9.90 Å². The molecule has 0 unspecified atom stereocenters. The molecule has 1 amide bonds. The lowest BCUT2D eigenvalue weighted by Crippen LogP contribution is -2.11. The van der Waals surface area contributed by atoms with Crippen LogP contribution in [0.1, 0.15) is 10.4 Å². The molecule has 88 valence electrons. The third-order valence-corrected chi connectivity index (χ3v) is 3.51. The van der Waals surface area contributed by atoms with Crippen molar-refractivity contribution >= 4 is 46.1 Å². The summed E-state index contributed by atoms with van der Waals surface area (Å²) in [5, 5.41) is 11.8. The molecule has 17 heavy (non-hydrogen) atoms. The molecule has 0 bridgehead atoms. The second kappa shape index (κ2) is 4.96. The topological polar surface area (TPSA) is 49.3 Å². The second-order valence-corrected chi connectivity index (χ2v) is 5.52. The SMILES string of the molecule is O=C(Nc1ccc(O)cc1)c1cc(Cl)sc1Cl. The molecule has 0 spiro atoms. The van der Waals surface area contributed by atoms with Gasteiger partial charge in [-0.15, -0.1) is 11.3 Å². The van der Waals surface area contributed by atoms with Gasteiger partial charge in [0, 0.05) is 5.69 Å². The summed E-state index contributed by atoms with van der Waals surface area (Å²) in [4.78, 5) is 11.8.